The van der Waals surface area contributed by atoms with Crippen LogP contribution in [0.1, 0.15) is 26.7 Å². The van der Waals surface area contributed by atoms with Crippen molar-refractivity contribution < 1.29 is 9.09 Å². The van der Waals surface area contributed by atoms with E-state index in [1.807, 2.05) is 6.92 Å². The highest BCUT2D eigenvalue weighted by Gasteiger charge is 2.10. The molecular formula is C7H17O2P. The molecule has 0 aromatic carbocycles. The highest BCUT2D eigenvalue weighted by Crippen LogP contribution is 2.41. The third-order valence-corrected chi connectivity index (χ3v) is 3.31. The molecule has 0 fully saturated rings. The first-order valence-electron chi connectivity index (χ1n) is 3.83. The minimum Gasteiger partial charge on any atom is -0.329 e. The summed E-state index contributed by atoms with van der Waals surface area (Å²) >= 11 is 0. The maximum absolute atomic E-state index is 11.2. The van der Waals surface area contributed by atoms with Crippen LogP contribution in [0, 0.1) is 0 Å². The third-order valence-electron chi connectivity index (χ3n) is 1.44. The van der Waals surface area contributed by atoms with Crippen LogP contribution in [0.5, 0.6) is 0 Å². The fraction of sp³-hybridized carbons (Fsp3) is 1.00. The SMILES string of the molecule is CCCCOP(C)(=O)CC. The van der Waals surface area contributed by atoms with E-state index in [0.717, 1.165) is 12.8 Å². The van der Waals surface area contributed by atoms with Gasteiger partial charge in [-0.3, -0.25) is 4.57 Å². The third kappa shape index (κ3) is 5.01. The number of hydrogen-bond donors (Lipinski definition) is 0. The minimum absolute atomic E-state index is 0.650. The van der Waals surface area contributed by atoms with Gasteiger partial charge in [0.1, 0.15) is 0 Å². The van der Waals surface area contributed by atoms with Crippen molar-refractivity contribution >= 4 is 7.37 Å². The first-order valence-corrected chi connectivity index (χ1v) is 6.09. The van der Waals surface area contributed by atoms with E-state index in [0.29, 0.717) is 12.8 Å². The number of rotatable bonds is 5. The molecule has 0 saturated heterocycles. The van der Waals surface area contributed by atoms with E-state index < -0.39 is 7.37 Å². The zero-order chi connectivity index (χ0) is 8.04. The number of unbranched alkanes of at least 4 members (excludes halogenated alkanes) is 1. The Morgan fingerprint density at radius 2 is 2.00 bits per heavy atom. The predicted molar refractivity (Wildman–Crippen MR) is 44.9 cm³/mol. The van der Waals surface area contributed by atoms with Crippen LogP contribution in [-0.2, 0) is 9.09 Å². The van der Waals surface area contributed by atoms with Crippen LogP contribution in [-0.4, -0.2) is 19.4 Å². The summed E-state index contributed by atoms with van der Waals surface area (Å²) in [5.41, 5.74) is 0. The normalized spacial score (nSPS) is 16.7. The molecule has 0 saturated carbocycles. The Balaban J connectivity index is 3.38. The lowest BCUT2D eigenvalue weighted by atomic mass is 10.4. The van der Waals surface area contributed by atoms with Gasteiger partial charge in [0.15, 0.2) is 7.37 Å². The second kappa shape index (κ2) is 4.92. The van der Waals surface area contributed by atoms with Gasteiger partial charge in [-0.2, -0.15) is 0 Å². The fourth-order valence-corrected chi connectivity index (χ4v) is 1.19. The molecule has 0 bridgehead atoms. The van der Waals surface area contributed by atoms with E-state index in [1.165, 1.54) is 0 Å². The van der Waals surface area contributed by atoms with E-state index in [-0.39, 0.29) is 0 Å². The van der Waals surface area contributed by atoms with Gasteiger partial charge in [-0.1, -0.05) is 20.3 Å². The summed E-state index contributed by atoms with van der Waals surface area (Å²) < 4.78 is 16.4. The summed E-state index contributed by atoms with van der Waals surface area (Å²) in [6.07, 6.45) is 2.76. The van der Waals surface area contributed by atoms with Gasteiger partial charge in [-0.25, -0.2) is 0 Å². The topological polar surface area (TPSA) is 26.3 Å². The molecule has 0 heterocycles. The monoisotopic (exact) mass is 164 g/mol. The molecule has 0 aromatic heterocycles. The van der Waals surface area contributed by atoms with Gasteiger partial charge in [-0.15, -0.1) is 0 Å². The molecule has 0 rings (SSSR count). The molecule has 1 unspecified atom stereocenters. The summed E-state index contributed by atoms with van der Waals surface area (Å²) in [6, 6.07) is 0. The molecular weight excluding hydrogens is 147 g/mol. The lowest BCUT2D eigenvalue weighted by Gasteiger charge is -2.09. The molecule has 0 aliphatic carbocycles. The van der Waals surface area contributed by atoms with Gasteiger partial charge < -0.3 is 4.52 Å². The number of hydrogen-bond acceptors (Lipinski definition) is 2. The van der Waals surface area contributed by atoms with Gasteiger partial charge in [0.2, 0.25) is 0 Å². The van der Waals surface area contributed by atoms with Crippen molar-refractivity contribution in [2.45, 2.75) is 26.7 Å². The maximum Gasteiger partial charge on any atom is 0.199 e. The second-order valence-corrected chi connectivity index (χ2v) is 5.44. The quantitative estimate of drug-likeness (QED) is 0.461. The van der Waals surface area contributed by atoms with Crippen molar-refractivity contribution in [1.82, 2.24) is 0 Å². The smallest absolute Gasteiger partial charge is 0.199 e. The van der Waals surface area contributed by atoms with Crippen molar-refractivity contribution in [2.75, 3.05) is 19.4 Å². The Labute approximate surface area is 63.4 Å². The van der Waals surface area contributed by atoms with Crippen LogP contribution in [0.4, 0.5) is 0 Å². The van der Waals surface area contributed by atoms with Crippen LogP contribution in [0.25, 0.3) is 0 Å². The summed E-state index contributed by atoms with van der Waals surface area (Å²) in [5, 5.41) is 0. The molecule has 0 aliphatic rings. The molecule has 0 aromatic rings. The molecule has 62 valence electrons. The van der Waals surface area contributed by atoms with Crippen LogP contribution >= 0.6 is 7.37 Å². The highest BCUT2D eigenvalue weighted by atomic mass is 31.2. The predicted octanol–water partition coefficient (Wildman–Crippen LogP) is 2.73. The van der Waals surface area contributed by atoms with Crippen LogP contribution in [0.3, 0.4) is 0 Å². The van der Waals surface area contributed by atoms with Crippen LogP contribution in [0.2, 0.25) is 0 Å². The molecule has 0 spiro atoms. The molecule has 0 aliphatic heterocycles. The highest BCUT2D eigenvalue weighted by molar-refractivity contribution is 7.58. The van der Waals surface area contributed by atoms with E-state index in [1.54, 1.807) is 6.66 Å². The van der Waals surface area contributed by atoms with E-state index in [2.05, 4.69) is 6.92 Å². The van der Waals surface area contributed by atoms with Crippen LogP contribution in [0.15, 0.2) is 0 Å². The van der Waals surface area contributed by atoms with Gasteiger partial charge in [-0.05, 0) is 6.42 Å². The van der Waals surface area contributed by atoms with Crippen molar-refractivity contribution in [1.29, 1.82) is 0 Å². The van der Waals surface area contributed by atoms with E-state index in [9.17, 15) is 4.57 Å². The average Bonchev–Trinajstić information content (AvgIpc) is 1.89. The molecule has 10 heavy (non-hydrogen) atoms. The van der Waals surface area contributed by atoms with Gasteiger partial charge in [0, 0.05) is 12.8 Å². The summed E-state index contributed by atoms with van der Waals surface area (Å²) in [6.45, 7) is 6.34. The Hall–Kier alpha value is 0.190. The molecule has 1 atom stereocenters. The second-order valence-electron chi connectivity index (χ2n) is 2.52. The molecule has 0 N–H and O–H groups in total. The van der Waals surface area contributed by atoms with Crippen LogP contribution < -0.4 is 0 Å². The van der Waals surface area contributed by atoms with Crippen molar-refractivity contribution in [3.05, 3.63) is 0 Å². The van der Waals surface area contributed by atoms with Crippen molar-refractivity contribution in [3.63, 3.8) is 0 Å². The molecule has 2 nitrogen and oxygen atoms in total. The molecule has 3 heteroatoms. The Morgan fingerprint density at radius 1 is 1.40 bits per heavy atom. The Morgan fingerprint density at radius 3 is 2.40 bits per heavy atom. The standard InChI is InChI=1S/C7H17O2P/c1-4-6-7-9-10(3,8)5-2/h4-7H2,1-3H3. The summed E-state index contributed by atoms with van der Waals surface area (Å²) in [4.78, 5) is 0. The minimum atomic E-state index is -2.20. The fourth-order valence-electron chi connectivity index (χ4n) is 0.493. The van der Waals surface area contributed by atoms with Crippen molar-refractivity contribution in [3.8, 4) is 0 Å². The lowest BCUT2D eigenvalue weighted by molar-refractivity contribution is 0.310. The maximum atomic E-state index is 11.2. The van der Waals surface area contributed by atoms with Gasteiger partial charge in [0.25, 0.3) is 0 Å². The van der Waals surface area contributed by atoms with E-state index >= 15 is 0 Å². The lowest BCUT2D eigenvalue weighted by Crippen LogP contribution is -1.93. The Bertz CT molecular complexity index is 123. The zero-order valence-electron chi connectivity index (χ0n) is 7.09. The molecule has 0 amide bonds. The Kier molecular flexibility index (Phi) is 5.02. The van der Waals surface area contributed by atoms with Gasteiger partial charge >= 0.3 is 0 Å². The van der Waals surface area contributed by atoms with Gasteiger partial charge in [0.05, 0.1) is 6.61 Å². The summed E-state index contributed by atoms with van der Waals surface area (Å²) in [7, 11) is -2.20. The summed E-state index contributed by atoms with van der Waals surface area (Å²) in [5.74, 6) is 0. The largest absolute Gasteiger partial charge is 0.329 e. The zero-order valence-corrected chi connectivity index (χ0v) is 7.99. The first-order chi connectivity index (χ1) is 4.62. The average molecular weight is 164 g/mol. The molecule has 0 radical (unpaired) electrons. The van der Waals surface area contributed by atoms with E-state index in [4.69, 9.17) is 4.52 Å². The van der Waals surface area contributed by atoms with Crippen molar-refractivity contribution in [2.24, 2.45) is 0 Å². The first kappa shape index (κ1) is 10.2.